The molecule has 0 fully saturated rings. The van der Waals surface area contributed by atoms with Gasteiger partial charge in [0.2, 0.25) is 0 Å². The summed E-state index contributed by atoms with van der Waals surface area (Å²) in [5, 5.41) is 0. The Balaban J connectivity index is 4.83. The van der Waals surface area contributed by atoms with Crippen molar-refractivity contribution < 1.29 is 4.74 Å². The van der Waals surface area contributed by atoms with Gasteiger partial charge >= 0.3 is 0 Å². The lowest BCUT2D eigenvalue weighted by Crippen LogP contribution is -2.02. The maximum Gasteiger partial charge on any atom is 0.118 e. The maximum absolute atomic E-state index is 5.60. The lowest BCUT2D eigenvalue weighted by atomic mass is 10.00. The molecule has 0 saturated carbocycles. The topological polar surface area (TPSA) is 9.23 Å². The van der Waals surface area contributed by atoms with Gasteiger partial charge in [0.25, 0.3) is 0 Å². The summed E-state index contributed by atoms with van der Waals surface area (Å²) in [6.07, 6.45) is 6.97. The third-order valence-corrected chi connectivity index (χ3v) is 1.89. The Bertz CT molecular complexity index is 221. The van der Waals surface area contributed by atoms with E-state index < -0.39 is 0 Å². The summed E-state index contributed by atoms with van der Waals surface area (Å²) >= 11 is 0. The van der Waals surface area contributed by atoms with Crippen LogP contribution in [0.25, 0.3) is 0 Å². The fraction of sp³-hybridized carbons (Fsp3) is 0.538. The molecule has 0 N–H and O–H groups in total. The van der Waals surface area contributed by atoms with E-state index in [1.807, 2.05) is 19.1 Å². The average Bonchev–Trinajstić information content (AvgIpc) is 2.13. The van der Waals surface area contributed by atoms with Crippen molar-refractivity contribution >= 4 is 0 Å². The Morgan fingerprint density at radius 3 is 2.36 bits per heavy atom. The van der Waals surface area contributed by atoms with Gasteiger partial charge in [-0.05, 0) is 30.9 Å². The highest BCUT2D eigenvalue weighted by atomic mass is 16.5. The van der Waals surface area contributed by atoms with Crippen LogP contribution in [0.1, 0.15) is 34.1 Å². The first-order chi connectivity index (χ1) is 6.67. The normalized spacial score (nSPS) is 13.2. The third-order valence-electron chi connectivity index (χ3n) is 1.89. The molecule has 0 radical (unpaired) electrons. The molecule has 0 spiro atoms. The van der Waals surface area contributed by atoms with Gasteiger partial charge in [-0.15, -0.1) is 0 Å². The van der Waals surface area contributed by atoms with E-state index in [1.165, 1.54) is 5.57 Å². The lowest BCUT2D eigenvalue weighted by Gasteiger charge is -2.15. The number of allylic oxidation sites excluding steroid dienone is 4. The van der Waals surface area contributed by atoms with Crippen LogP contribution in [0.5, 0.6) is 0 Å². The molecule has 0 bridgehead atoms. The molecule has 0 aliphatic rings. The molecule has 0 heterocycles. The largest absolute Gasteiger partial charge is 0.494 e. The smallest absolute Gasteiger partial charge is 0.118 e. The van der Waals surface area contributed by atoms with Gasteiger partial charge in [0, 0.05) is 0 Å². The molecule has 0 saturated heterocycles. The monoisotopic (exact) mass is 194 g/mol. The summed E-state index contributed by atoms with van der Waals surface area (Å²) in [5.41, 5.74) is 1.23. The number of hydrogen-bond acceptors (Lipinski definition) is 1. The molecule has 0 atom stereocenters. The molecule has 0 aromatic heterocycles. The Kier molecular flexibility index (Phi) is 6.91. The van der Waals surface area contributed by atoms with E-state index in [1.54, 1.807) is 0 Å². The Hall–Kier alpha value is -0.980. The van der Waals surface area contributed by atoms with E-state index in [0.29, 0.717) is 12.5 Å². The second-order valence-corrected chi connectivity index (χ2v) is 3.42. The fourth-order valence-corrected chi connectivity index (χ4v) is 1.29. The molecular weight excluding hydrogens is 172 g/mol. The van der Waals surface area contributed by atoms with Gasteiger partial charge in [-0.3, -0.25) is 0 Å². The zero-order valence-electron chi connectivity index (χ0n) is 9.84. The standard InChI is InChI=1S/C13H22O/c1-6-9-12(11(4)5)13(10-7-2)14-8-3/h6,9-11H,1,7-8H2,2-5H3/b12-9-,13-10+. The third kappa shape index (κ3) is 4.31. The summed E-state index contributed by atoms with van der Waals surface area (Å²) in [6.45, 7) is 12.9. The summed E-state index contributed by atoms with van der Waals surface area (Å²) in [7, 11) is 0. The Labute approximate surface area is 88.2 Å². The van der Waals surface area contributed by atoms with Crippen LogP contribution < -0.4 is 0 Å². The zero-order valence-corrected chi connectivity index (χ0v) is 9.84. The second kappa shape index (κ2) is 7.43. The van der Waals surface area contributed by atoms with E-state index >= 15 is 0 Å². The first kappa shape index (κ1) is 13.0. The minimum Gasteiger partial charge on any atom is -0.494 e. The van der Waals surface area contributed by atoms with Crippen molar-refractivity contribution in [2.45, 2.75) is 34.1 Å². The van der Waals surface area contributed by atoms with Crippen molar-refractivity contribution in [1.82, 2.24) is 0 Å². The van der Waals surface area contributed by atoms with Crippen LogP contribution >= 0.6 is 0 Å². The highest BCUT2D eigenvalue weighted by Crippen LogP contribution is 2.21. The van der Waals surface area contributed by atoms with Gasteiger partial charge in [-0.2, -0.15) is 0 Å². The minimum atomic E-state index is 0.470. The first-order valence-corrected chi connectivity index (χ1v) is 5.33. The number of rotatable bonds is 6. The highest BCUT2D eigenvalue weighted by Gasteiger charge is 2.08. The van der Waals surface area contributed by atoms with E-state index in [4.69, 9.17) is 4.74 Å². The van der Waals surface area contributed by atoms with Crippen LogP contribution in [0.2, 0.25) is 0 Å². The molecule has 0 aliphatic heterocycles. The van der Waals surface area contributed by atoms with Crippen molar-refractivity contribution in [3.05, 3.63) is 36.1 Å². The summed E-state index contributed by atoms with van der Waals surface area (Å²) in [5.74, 6) is 1.47. The van der Waals surface area contributed by atoms with Gasteiger partial charge in [0.15, 0.2) is 0 Å². The Morgan fingerprint density at radius 1 is 1.36 bits per heavy atom. The van der Waals surface area contributed by atoms with E-state index in [9.17, 15) is 0 Å². The predicted octanol–water partition coefficient (Wildman–Crippen LogP) is 4.09. The molecule has 14 heavy (non-hydrogen) atoms. The van der Waals surface area contributed by atoms with Crippen molar-refractivity contribution in [3.63, 3.8) is 0 Å². The van der Waals surface area contributed by atoms with Crippen molar-refractivity contribution in [2.24, 2.45) is 5.92 Å². The first-order valence-electron chi connectivity index (χ1n) is 5.33. The fourth-order valence-electron chi connectivity index (χ4n) is 1.29. The molecule has 0 aliphatic carbocycles. The molecule has 80 valence electrons. The molecule has 0 aromatic rings. The number of hydrogen-bond donors (Lipinski definition) is 0. The van der Waals surface area contributed by atoms with Gasteiger partial charge in [-0.1, -0.05) is 39.5 Å². The molecule has 1 nitrogen and oxygen atoms in total. The van der Waals surface area contributed by atoms with Gasteiger partial charge in [0.1, 0.15) is 5.76 Å². The minimum absolute atomic E-state index is 0.470. The van der Waals surface area contributed by atoms with E-state index in [0.717, 1.165) is 12.2 Å². The van der Waals surface area contributed by atoms with E-state index in [2.05, 4.69) is 33.4 Å². The predicted molar refractivity (Wildman–Crippen MR) is 63.1 cm³/mol. The van der Waals surface area contributed by atoms with Crippen LogP contribution in [-0.4, -0.2) is 6.61 Å². The van der Waals surface area contributed by atoms with Crippen LogP contribution in [0.3, 0.4) is 0 Å². The van der Waals surface area contributed by atoms with Gasteiger partial charge in [-0.25, -0.2) is 0 Å². The number of ether oxygens (including phenoxy) is 1. The van der Waals surface area contributed by atoms with Gasteiger partial charge < -0.3 is 4.74 Å². The Morgan fingerprint density at radius 2 is 2.00 bits per heavy atom. The van der Waals surface area contributed by atoms with Crippen LogP contribution in [-0.2, 0) is 4.74 Å². The molecule has 0 amide bonds. The molecular formula is C13H22O. The van der Waals surface area contributed by atoms with Crippen molar-refractivity contribution in [2.75, 3.05) is 6.61 Å². The summed E-state index contributed by atoms with van der Waals surface area (Å²) < 4.78 is 5.60. The zero-order chi connectivity index (χ0) is 11.0. The second-order valence-electron chi connectivity index (χ2n) is 3.42. The van der Waals surface area contributed by atoms with Gasteiger partial charge in [0.05, 0.1) is 6.61 Å². The summed E-state index contributed by atoms with van der Waals surface area (Å²) in [4.78, 5) is 0. The van der Waals surface area contributed by atoms with Crippen LogP contribution in [0.4, 0.5) is 0 Å². The molecule has 0 aromatic carbocycles. The average molecular weight is 194 g/mol. The molecule has 0 unspecified atom stereocenters. The van der Waals surface area contributed by atoms with Crippen molar-refractivity contribution in [1.29, 1.82) is 0 Å². The quantitative estimate of drug-likeness (QED) is 0.457. The summed E-state index contributed by atoms with van der Waals surface area (Å²) in [6, 6.07) is 0. The van der Waals surface area contributed by atoms with Crippen molar-refractivity contribution in [3.8, 4) is 0 Å². The lowest BCUT2D eigenvalue weighted by molar-refractivity contribution is 0.232. The van der Waals surface area contributed by atoms with Crippen LogP contribution in [0, 0.1) is 5.92 Å². The van der Waals surface area contributed by atoms with Crippen LogP contribution in [0.15, 0.2) is 36.1 Å². The molecule has 1 heteroatoms. The van der Waals surface area contributed by atoms with E-state index in [-0.39, 0.29) is 0 Å². The molecule has 0 rings (SSSR count). The highest BCUT2D eigenvalue weighted by molar-refractivity contribution is 5.30. The maximum atomic E-state index is 5.60. The SMILES string of the molecule is C=C/C=C(\C(=C/CC)OCC)C(C)C.